The molecule has 0 saturated heterocycles. The van der Waals surface area contributed by atoms with Crippen LogP contribution in [-0.2, 0) is 4.79 Å². The lowest BCUT2D eigenvalue weighted by molar-refractivity contribution is -0.134. The summed E-state index contributed by atoms with van der Waals surface area (Å²) in [5, 5.41) is 21.0. The normalized spacial score (nSPS) is 20.2. The van der Waals surface area contributed by atoms with E-state index >= 15 is 0 Å². The fraction of sp³-hybridized carbons (Fsp3) is 0.818. The van der Waals surface area contributed by atoms with E-state index in [2.05, 4.69) is 5.32 Å². The van der Waals surface area contributed by atoms with Crippen molar-refractivity contribution < 1.29 is 9.90 Å². The summed E-state index contributed by atoms with van der Waals surface area (Å²) in [6, 6.07) is 1.51. The molecule has 0 bridgehead atoms. The van der Waals surface area contributed by atoms with Crippen LogP contribution in [0.2, 0.25) is 0 Å². The lowest BCUT2D eigenvalue weighted by Gasteiger charge is -2.30. The molecule has 84 valence electrons. The van der Waals surface area contributed by atoms with Crippen LogP contribution < -0.4 is 5.32 Å². The van der Waals surface area contributed by atoms with Gasteiger partial charge in [0.2, 0.25) is 5.91 Å². The third-order valence-corrected chi connectivity index (χ3v) is 2.97. The number of carbonyl (C=O) groups is 1. The van der Waals surface area contributed by atoms with Gasteiger partial charge in [0.1, 0.15) is 12.1 Å². The van der Waals surface area contributed by atoms with Crippen LogP contribution in [0.1, 0.15) is 33.1 Å². The highest BCUT2D eigenvalue weighted by molar-refractivity contribution is 5.81. The Morgan fingerprint density at radius 1 is 1.53 bits per heavy atom. The largest absolute Gasteiger partial charge is 0.383 e. The number of rotatable bonds is 4. The number of amides is 1. The van der Waals surface area contributed by atoms with Crippen molar-refractivity contribution in [2.75, 3.05) is 0 Å². The number of aliphatic hydroxyl groups is 1. The van der Waals surface area contributed by atoms with E-state index in [0.717, 1.165) is 19.3 Å². The second-order valence-corrected chi connectivity index (χ2v) is 4.50. The lowest BCUT2D eigenvalue weighted by Crippen LogP contribution is -2.47. The molecule has 1 aliphatic carbocycles. The van der Waals surface area contributed by atoms with Crippen LogP contribution in [-0.4, -0.2) is 23.2 Å². The van der Waals surface area contributed by atoms with Crippen LogP contribution in [0.5, 0.6) is 0 Å². The molecule has 0 heterocycles. The third kappa shape index (κ3) is 2.93. The van der Waals surface area contributed by atoms with E-state index in [1.807, 2.05) is 19.9 Å². The highest BCUT2D eigenvalue weighted by Gasteiger charge is 2.32. The fourth-order valence-electron chi connectivity index (χ4n) is 1.56. The number of nitrogens with zero attached hydrogens (tertiary/aromatic N) is 1. The third-order valence-electron chi connectivity index (χ3n) is 2.97. The maximum absolute atomic E-state index is 11.5. The molecular formula is C11H18N2O2. The van der Waals surface area contributed by atoms with E-state index in [-0.39, 0.29) is 11.8 Å². The average Bonchev–Trinajstić information content (AvgIpc) is 2.10. The summed E-state index contributed by atoms with van der Waals surface area (Å²) in [6.45, 7) is 3.73. The summed E-state index contributed by atoms with van der Waals surface area (Å²) in [6.07, 6.45) is 1.97. The summed E-state index contributed by atoms with van der Waals surface area (Å²) in [7, 11) is 0. The summed E-state index contributed by atoms with van der Waals surface area (Å²) in [5.41, 5.74) is 0. The van der Waals surface area contributed by atoms with Gasteiger partial charge in [0, 0.05) is 0 Å². The molecule has 2 N–H and O–H groups in total. The first-order valence-corrected chi connectivity index (χ1v) is 5.44. The van der Waals surface area contributed by atoms with Gasteiger partial charge in [-0.2, -0.15) is 5.26 Å². The number of nitriles is 1. The molecule has 4 heteroatoms. The molecule has 1 saturated carbocycles. The standard InChI is InChI=1S/C11H18N2O2/c1-7(2)9(6-12)13-11(15)10(14)8-4-3-5-8/h7-10,14H,3-5H2,1-2H3,(H,13,15). The number of aliphatic hydroxyl groups excluding tert-OH is 1. The van der Waals surface area contributed by atoms with Crippen LogP contribution in [0.3, 0.4) is 0 Å². The molecule has 1 rings (SSSR count). The van der Waals surface area contributed by atoms with Crippen molar-refractivity contribution in [1.82, 2.24) is 5.32 Å². The topological polar surface area (TPSA) is 73.1 Å². The molecule has 2 unspecified atom stereocenters. The Labute approximate surface area is 90.3 Å². The van der Waals surface area contributed by atoms with E-state index in [4.69, 9.17) is 5.26 Å². The smallest absolute Gasteiger partial charge is 0.250 e. The van der Waals surface area contributed by atoms with Gasteiger partial charge in [0.15, 0.2) is 0 Å². The molecule has 0 aliphatic heterocycles. The van der Waals surface area contributed by atoms with Crippen LogP contribution in [0, 0.1) is 23.2 Å². The minimum atomic E-state index is -0.937. The SMILES string of the molecule is CC(C)C(C#N)NC(=O)C(O)C1CCC1. The van der Waals surface area contributed by atoms with E-state index < -0.39 is 18.1 Å². The highest BCUT2D eigenvalue weighted by atomic mass is 16.3. The Hall–Kier alpha value is -1.08. The van der Waals surface area contributed by atoms with Crippen LogP contribution in [0.15, 0.2) is 0 Å². The first-order chi connectivity index (χ1) is 7.06. The predicted molar refractivity (Wildman–Crippen MR) is 55.7 cm³/mol. The maximum atomic E-state index is 11.5. The van der Waals surface area contributed by atoms with Gasteiger partial charge in [-0.3, -0.25) is 4.79 Å². The van der Waals surface area contributed by atoms with Crippen molar-refractivity contribution in [3.8, 4) is 6.07 Å². The minimum absolute atomic E-state index is 0.0625. The molecule has 0 aromatic carbocycles. The molecule has 4 nitrogen and oxygen atoms in total. The van der Waals surface area contributed by atoms with E-state index in [1.165, 1.54) is 0 Å². The number of hydrogen-bond donors (Lipinski definition) is 2. The molecule has 0 spiro atoms. The van der Waals surface area contributed by atoms with Crippen molar-refractivity contribution in [2.45, 2.75) is 45.3 Å². The predicted octanol–water partition coefficient (Wildman–Crippen LogP) is 0.812. The molecule has 1 amide bonds. The molecule has 0 radical (unpaired) electrons. The second-order valence-electron chi connectivity index (χ2n) is 4.50. The molecule has 0 aromatic rings. The Morgan fingerprint density at radius 3 is 2.47 bits per heavy atom. The molecule has 0 aromatic heterocycles. The Kier molecular flexibility index (Phi) is 4.10. The molecule has 1 aliphatic rings. The van der Waals surface area contributed by atoms with E-state index in [1.54, 1.807) is 0 Å². The van der Waals surface area contributed by atoms with Crippen LogP contribution in [0.4, 0.5) is 0 Å². The number of nitrogens with one attached hydrogen (secondary N) is 1. The molecular weight excluding hydrogens is 192 g/mol. The lowest BCUT2D eigenvalue weighted by atomic mass is 9.81. The van der Waals surface area contributed by atoms with Crippen molar-refractivity contribution in [1.29, 1.82) is 5.26 Å². The van der Waals surface area contributed by atoms with E-state index in [0.29, 0.717) is 0 Å². The Bertz CT molecular complexity index is 266. The summed E-state index contributed by atoms with van der Waals surface area (Å²) >= 11 is 0. The maximum Gasteiger partial charge on any atom is 0.250 e. The zero-order chi connectivity index (χ0) is 11.4. The monoisotopic (exact) mass is 210 g/mol. The molecule has 1 fully saturated rings. The first kappa shape index (κ1) is 12.0. The molecule has 2 atom stereocenters. The highest BCUT2D eigenvalue weighted by Crippen LogP contribution is 2.29. The van der Waals surface area contributed by atoms with Crippen molar-refractivity contribution >= 4 is 5.91 Å². The van der Waals surface area contributed by atoms with Crippen molar-refractivity contribution in [3.63, 3.8) is 0 Å². The van der Waals surface area contributed by atoms with Gasteiger partial charge in [-0.15, -0.1) is 0 Å². The zero-order valence-corrected chi connectivity index (χ0v) is 9.23. The van der Waals surface area contributed by atoms with Crippen molar-refractivity contribution in [2.24, 2.45) is 11.8 Å². The van der Waals surface area contributed by atoms with Crippen molar-refractivity contribution in [3.05, 3.63) is 0 Å². The van der Waals surface area contributed by atoms with Gasteiger partial charge in [-0.1, -0.05) is 20.3 Å². The van der Waals surface area contributed by atoms with Gasteiger partial charge in [-0.05, 0) is 24.7 Å². The van der Waals surface area contributed by atoms with Gasteiger partial charge in [-0.25, -0.2) is 0 Å². The molecule has 15 heavy (non-hydrogen) atoms. The van der Waals surface area contributed by atoms with Gasteiger partial charge in [0.05, 0.1) is 6.07 Å². The first-order valence-electron chi connectivity index (χ1n) is 5.44. The quantitative estimate of drug-likeness (QED) is 0.721. The Balaban J connectivity index is 2.43. The summed E-state index contributed by atoms with van der Waals surface area (Å²) in [4.78, 5) is 11.5. The average molecular weight is 210 g/mol. The summed E-state index contributed by atoms with van der Waals surface area (Å²) < 4.78 is 0. The fourth-order valence-corrected chi connectivity index (χ4v) is 1.56. The second kappa shape index (κ2) is 5.13. The van der Waals surface area contributed by atoms with E-state index in [9.17, 15) is 9.90 Å². The minimum Gasteiger partial charge on any atom is -0.383 e. The van der Waals surface area contributed by atoms with Gasteiger partial charge >= 0.3 is 0 Å². The van der Waals surface area contributed by atoms with Gasteiger partial charge in [0.25, 0.3) is 0 Å². The zero-order valence-electron chi connectivity index (χ0n) is 9.23. The summed E-state index contributed by atoms with van der Waals surface area (Å²) in [5.74, 6) is -0.246. The Morgan fingerprint density at radius 2 is 2.13 bits per heavy atom. The van der Waals surface area contributed by atoms with Crippen LogP contribution >= 0.6 is 0 Å². The van der Waals surface area contributed by atoms with Crippen LogP contribution in [0.25, 0.3) is 0 Å². The van der Waals surface area contributed by atoms with Gasteiger partial charge < -0.3 is 10.4 Å². The number of carbonyl (C=O) groups excluding carboxylic acids is 1. The number of hydrogen-bond acceptors (Lipinski definition) is 3.